The standard InChI is InChI=1S/C27H27ClFN3O3/c1-35-25(16-33)24(14-20-5-2-3-12-30-20)32-27(34)21-6-4-7-22(29)26(21)18-13-23(31-15-18)17-8-10-19(28)11-9-17/h2-12,15,23-25,31,33H,13-14,16H2,1H3,(H,32,34)/t23?,24-,25?/m1/s1. The molecule has 0 fully saturated rings. The zero-order valence-electron chi connectivity index (χ0n) is 19.2. The average Bonchev–Trinajstić information content (AvgIpc) is 3.35. The lowest BCUT2D eigenvalue weighted by Gasteiger charge is -2.26. The zero-order chi connectivity index (χ0) is 24.8. The van der Waals surface area contributed by atoms with Gasteiger partial charge in [-0.25, -0.2) is 4.39 Å². The molecule has 3 N–H and O–H groups in total. The van der Waals surface area contributed by atoms with E-state index in [1.54, 1.807) is 24.5 Å². The quantitative estimate of drug-likeness (QED) is 0.412. The number of ether oxygens (including phenoxy) is 1. The summed E-state index contributed by atoms with van der Waals surface area (Å²) < 4.78 is 20.5. The van der Waals surface area contributed by atoms with E-state index < -0.39 is 23.9 Å². The average molecular weight is 496 g/mol. The van der Waals surface area contributed by atoms with Gasteiger partial charge < -0.3 is 20.5 Å². The van der Waals surface area contributed by atoms with Gasteiger partial charge in [-0.15, -0.1) is 0 Å². The molecule has 6 nitrogen and oxygen atoms in total. The third-order valence-corrected chi connectivity index (χ3v) is 6.39. The molecule has 0 spiro atoms. The lowest BCUT2D eigenvalue weighted by atomic mass is 9.93. The molecule has 3 atom stereocenters. The first-order valence-electron chi connectivity index (χ1n) is 11.3. The van der Waals surface area contributed by atoms with Crippen molar-refractivity contribution < 1.29 is 19.0 Å². The van der Waals surface area contributed by atoms with Gasteiger partial charge in [0, 0.05) is 47.8 Å². The zero-order valence-corrected chi connectivity index (χ0v) is 20.0. The summed E-state index contributed by atoms with van der Waals surface area (Å²) in [6.07, 6.45) is 3.62. The van der Waals surface area contributed by atoms with Crippen molar-refractivity contribution in [3.8, 4) is 0 Å². The monoisotopic (exact) mass is 495 g/mol. The molecule has 1 aromatic heterocycles. The Morgan fingerprint density at radius 1 is 1.23 bits per heavy atom. The van der Waals surface area contributed by atoms with Crippen molar-refractivity contribution >= 4 is 23.1 Å². The summed E-state index contributed by atoms with van der Waals surface area (Å²) in [7, 11) is 1.47. The molecule has 0 aliphatic carbocycles. The van der Waals surface area contributed by atoms with Crippen LogP contribution in [0.15, 0.2) is 73.1 Å². The summed E-state index contributed by atoms with van der Waals surface area (Å²) in [5, 5.41) is 16.7. The van der Waals surface area contributed by atoms with Crippen molar-refractivity contribution in [2.45, 2.75) is 31.0 Å². The highest BCUT2D eigenvalue weighted by atomic mass is 35.5. The smallest absolute Gasteiger partial charge is 0.252 e. The number of nitrogens with zero attached hydrogens (tertiary/aromatic N) is 1. The van der Waals surface area contributed by atoms with Crippen LogP contribution >= 0.6 is 11.6 Å². The molecule has 0 bridgehead atoms. The molecule has 2 aromatic carbocycles. The van der Waals surface area contributed by atoms with E-state index >= 15 is 4.39 Å². The van der Waals surface area contributed by atoms with Crippen LogP contribution in [0.4, 0.5) is 4.39 Å². The van der Waals surface area contributed by atoms with Gasteiger partial charge >= 0.3 is 0 Å². The Morgan fingerprint density at radius 3 is 2.71 bits per heavy atom. The van der Waals surface area contributed by atoms with E-state index in [9.17, 15) is 9.90 Å². The van der Waals surface area contributed by atoms with Crippen molar-refractivity contribution in [1.82, 2.24) is 15.6 Å². The minimum atomic E-state index is -0.653. The Balaban J connectivity index is 1.57. The Morgan fingerprint density at radius 2 is 2.03 bits per heavy atom. The Labute approximate surface area is 208 Å². The first-order valence-corrected chi connectivity index (χ1v) is 11.7. The number of halogens is 2. The van der Waals surface area contributed by atoms with E-state index in [2.05, 4.69) is 15.6 Å². The highest BCUT2D eigenvalue weighted by Crippen LogP contribution is 2.35. The van der Waals surface area contributed by atoms with Gasteiger partial charge in [0.1, 0.15) is 11.9 Å². The highest BCUT2D eigenvalue weighted by molar-refractivity contribution is 6.30. The molecule has 0 saturated heterocycles. The van der Waals surface area contributed by atoms with Crippen LogP contribution in [0.5, 0.6) is 0 Å². The molecule has 4 rings (SSSR count). The number of benzene rings is 2. The minimum absolute atomic E-state index is 0.0538. The van der Waals surface area contributed by atoms with Crippen LogP contribution in [0.2, 0.25) is 5.02 Å². The minimum Gasteiger partial charge on any atom is -0.394 e. The number of amides is 1. The van der Waals surface area contributed by atoms with E-state index in [1.807, 2.05) is 36.4 Å². The summed E-state index contributed by atoms with van der Waals surface area (Å²) in [6.45, 7) is -0.290. The summed E-state index contributed by atoms with van der Waals surface area (Å²) >= 11 is 6.00. The first kappa shape index (κ1) is 24.9. The number of methoxy groups -OCH3 is 1. The summed E-state index contributed by atoms with van der Waals surface area (Å²) in [5.74, 6) is -0.930. The fraction of sp³-hybridized carbons (Fsp3) is 0.259. The molecular formula is C27H27ClFN3O3. The van der Waals surface area contributed by atoms with Gasteiger partial charge in [0.15, 0.2) is 0 Å². The number of pyridine rings is 1. The second-order valence-corrected chi connectivity index (χ2v) is 8.81. The van der Waals surface area contributed by atoms with Gasteiger partial charge in [-0.05, 0) is 54.0 Å². The Hall–Kier alpha value is -3.26. The number of rotatable bonds is 9. The van der Waals surface area contributed by atoms with Crippen LogP contribution in [0.1, 0.15) is 39.6 Å². The van der Waals surface area contributed by atoms with Gasteiger partial charge in [-0.2, -0.15) is 0 Å². The Kier molecular flexibility index (Phi) is 8.13. The lowest BCUT2D eigenvalue weighted by Crippen LogP contribution is -2.47. The summed E-state index contributed by atoms with van der Waals surface area (Å²) in [4.78, 5) is 17.7. The molecule has 182 valence electrons. The van der Waals surface area contributed by atoms with E-state index in [0.29, 0.717) is 23.4 Å². The molecule has 3 aromatic rings. The molecule has 8 heteroatoms. The molecule has 1 amide bonds. The SMILES string of the molecule is COC(CO)[C@@H](Cc1ccccn1)NC(=O)c1cccc(F)c1C1=CNC(c2ccc(Cl)cc2)C1. The maximum atomic E-state index is 15.1. The fourth-order valence-corrected chi connectivity index (χ4v) is 4.42. The highest BCUT2D eigenvalue weighted by Gasteiger charge is 2.28. The Bertz CT molecular complexity index is 1180. The molecule has 2 heterocycles. The second-order valence-electron chi connectivity index (χ2n) is 8.37. The number of aromatic nitrogens is 1. The lowest BCUT2D eigenvalue weighted by molar-refractivity contribution is 0.0213. The van der Waals surface area contributed by atoms with Gasteiger partial charge in [-0.1, -0.05) is 35.9 Å². The number of hydrogen-bond acceptors (Lipinski definition) is 5. The number of carbonyl (C=O) groups excluding carboxylic acids is 1. The van der Waals surface area contributed by atoms with Crippen LogP contribution in [0, 0.1) is 5.82 Å². The van der Waals surface area contributed by atoms with Gasteiger partial charge in [0.25, 0.3) is 5.91 Å². The molecule has 0 saturated carbocycles. The van der Waals surface area contributed by atoms with Gasteiger partial charge in [-0.3, -0.25) is 9.78 Å². The molecular weight excluding hydrogens is 469 g/mol. The van der Waals surface area contributed by atoms with Crippen molar-refractivity contribution in [3.05, 3.63) is 106 Å². The fourth-order valence-electron chi connectivity index (χ4n) is 4.29. The number of aliphatic hydroxyl groups excluding tert-OH is 1. The van der Waals surface area contributed by atoms with Crippen LogP contribution in [-0.2, 0) is 11.2 Å². The third-order valence-electron chi connectivity index (χ3n) is 6.14. The second kappa shape index (κ2) is 11.4. The largest absolute Gasteiger partial charge is 0.394 e. The molecule has 35 heavy (non-hydrogen) atoms. The maximum Gasteiger partial charge on any atom is 0.252 e. The van der Waals surface area contributed by atoms with Gasteiger partial charge in [0.05, 0.1) is 18.7 Å². The number of carbonyl (C=O) groups is 1. The topological polar surface area (TPSA) is 83.5 Å². The molecule has 0 radical (unpaired) electrons. The maximum absolute atomic E-state index is 15.1. The predicted molar refractivity (Wildman–Crippen MR) is 133 cm³/mol. The van der Waals surface area contributed by atoms with Crippen LogP contribution in [0.25, 0.3) is 5.57 Å². The van der Waals surface area contributed by atoms with Crippen LogP contribution < -0.4 is 10.6 Å². The van der Waals surface area contributed by atoms with Gasteiger partial charge in [0.2, 0.25) is 0 Å². The van der Waals surface area contributed by atoms with E-state index in [-0.39, 0.29) is 23.8 Å². The molecule has 2 unspecified atom stereocenters. The van der Waals surface area contributed by atoms with E-state index in [4.69, 9.17) is 16.3 Å². The van der Waals surface area contributed by atoms with Crippen molar-refractivity contribution in [1.29, 1.82) is 0 Å². The van der Waals surface area contributed by atoms with E-state index in [1.165, 1.54) is 19.2 Å². The molecule has 1 aliphatic rings. The first-order chi connectivity index (χ1) is 17.0. The number of nitrogens with one attached hydrogen (secondary N) is 2. The molecule has 1 aliphatic heterocycles. The van der Waals surface area contributed by atoms with Crippen molar-refractivity contribution in [2.75, 3.05) is 13.7 Å². The van der Waals surface area contributed by atoms with E-state index in [0.717, 1.165) is 11.3 Å². The number of aliphatic hydroxyl groups is 1. The predicted octanol–water partition coefficient (Wildman–Crippen LogP) is 4.30. The van der Waals surface area contributed by atoms with Crippen LogP contribution in [-0.4, -0.2) is 41.9 Å². The van der Waals surface area contributed by atoms with Crippen LogP contribution in [0.3, 0.4) is 0 Å². The summed E-state index contributed by atoms with van der Waals surface area (Å²) in [6, 6.07) is 16.8. The normalized spacial score (nSPS) is 16.8. The number of hydrogen-bond donors (Lipinski definition) is 3. The third kappa shape index (κ3) is 5.88. The summed E-state index contributed by atoms with van der Waals surface area (Å²) in [5.41, 5.74) is 2.92. The van der Waals surface area contributed by atoms with Crippen molar-refractivity contribution in [3.63, 3.8) is 0 Å². The van der Waals surface area contributed by atoms with Crippen molar-refractivity contribution in [2.24, 2.45) is 0 Å².